The predicted octanol–water partition coefficient (Wildman–Crippen LogP) is 4.12. The maximum Gasteiger partial charge on any atom is 0.256 e. The highest BCUT2D eigenvalue weighted by Gasteiger charge is 2.42. The molecule has 3 nitrogen and oxygen atoms in total. The van der Waals surface area contributed by atoms with Crippen molar-refractivity contribution in [1.29, 1.82) is 0 Å². The average molecular weight is 316 g/mol. The monoisotopic (exact) mass is 316 g/mol. The van der Waals surface area contributed by atoms with Crippen LogP contribution in [0.25, 0.3) is 0 Å². The smallest absolute Gasteiger partial charge is 0.256 e. The van der Waals surface area contributed by atoms with Crippen LogP contribution in [0.15, 0.2) is 30.3 Å². The Morgan fingerprint density at radius 1 is 0.909 bits per heavy atom. The van der Waals surface area contributed by atoms with Gasteiger partial charge in [-0.15, -0.1) is 0 Å². The van der Waals surface area contributed by atoms with E-state index in [4.69, 9.17) is 12.2 Å². The van der Waals surface area contributed by atoms with Crippen LogP contribution < -0.4 is 4.90 Å². The number of benzene rings is 1. The number of amides is 1. The third-order valence-corrected chi connectivity index (χ3v) is 5.13. The molecule has 2 saturated heterocycles. The van der Waals surface area contributed by atoms with Gasteiger partial charge in [0, 0.05) is 6.54 Å². The molecule has 0 radical (unpaired) electrons. The Hall–Kier alpha value is -1.42. The lowest BCUT2D eigenvalue weighted by atomic mass is 10.1. The Balaban J connectivity index is 1.82. The fourth-order valence-electron chi connectivity index (χ4n) is 3.49. The quantitative estimate of drug-likeness (QED) is 0.728. The summed E-state index contributed by atoms with van der Waals surface area (Å²) in [5.41, 5.74) is 0.900. The third-order valence-electron chi connectivity index (χ3n) is 4.71. The molecule has 2 fully saturated rings. The molecule has 0 aromatic heterocycles. The van der Waals surface area contributed by atoms with Crippen LogP contribution in [0.2, 0.25) is 0 Å². The number of rotatable bonds is 1. The van der Waals surface area contributed by atoms with Crippen LogP contribution in [-0.4, -0.2) is 28.5 Å². The summed E-state index contributed by atoms with van der Waals surface area (Å²) in [7, 11) is 0. The first kappa shape index (κ1) is 15.5. The minimum atomic E-state index is -0.0502. The lowest BCUT2D eigenvalue weighted by molar-refractivity contribution is -0.119. The topological polar surface area (TPSA) is 23.6 Å². The minimum absolute atomic E-state index is 0.0502. The van der Waals surface area contributed by atoms with Gasteiger partial charge < -0.3 is 4.90 Å². The molecule has 0 aliphatic carbocycles. The molecule has 0 spiro atoms. The average Bonchev–Trinajstić information content (AvgIpc) is 2.75. The van der Waals surface area contributed by atoms with E-state index in [1.807, 2.05) is 30.3 Å². The molecule has 1 aromatic rings. The van der Waals surface area contributed by atoms with E-state index in [-0.39, 0.29) is 11.9 Å². The molecular weight excluding hydrogens is 292 g/mol. The molecule has 0 N–H and O–H groups in total. The van der Waals surface area contributed by atoms with Crippen LogP contribution in [-0.2, 0) is 4.79 Å². The van der Waals surface area contributed by atoms with E-state index in [0.29, 0.717) is 5.11 Å². The highest BCUT2D eigenvalue weighted by molar-refractivity contribution is 7.80. The number of carbonyl (C=O) groups is 1. The van der Waals surface area contributed by atoms with Crippen LogP contribution in [0.1, 0.15) is 51.4 Å². The summed E-state index contributed by atoms with van der Waals surface area (Å²) in [5.74, 6) is 0.162. The molecule has 2 aliphatic heterocycles. The van der Waals surface area contributed by atoms with Gasteiger partial charge in [0.1, 0.15) is 6.04 Å². The molecular formula is C18H24N2OS. The molecule has 22 heavy (non-hydrogen) atoms. The number of para-hydroxylation sites is 1. The van der Waals surface area contributed by atoms with Crippen LogP contribution in [0, 0.1) is 0 Å². The second-order valence-electron chi connectivity index (χ2n) is 6.26. The van der Waals surface area contributed by atoms with Crippen molar-refractivity contribution in [2.45, 2.75) is 57.4 Å². The van der Waals surface area contributed by atoms with Crippen molar-refractivity contribution in [3.05, 3.63) is 30.3 Å². The number of hydrogen-bond acceptors (Lipinski definition) is 2. The SMILES string of the molecule is O=C1[C@@H]2CCCCCCCCCN2C(=S)N1c1ccccc1. The molecule has 2 heterocycles. The summed E-state index contributed by atoms with van der Waals surface area (Å²) in [4.78, 5) is 16.8. The van der Waals surface area contributed by atoms with Crippen LogP contribution in [0.4, 0.5) is 5.69 Å². The van der Waals surface area contributed by atoms with E-state index in [1.165, 1.54) is 32.1 Å². The van der Waals surface area contributed by atoms with Gasteiger partial charge in [0.25, 0.3) is 5.91 Å². The largest absolute Gasteiger partial charge is 0.336 e. The summed E-state index contributed by atoms with van der Waals surface area (Å²) >= 11 is 5.64. The number of anilines is 1. The molecule has 3 rings (SSSR count). The van der Waals surface area contributed by atoms with Crippen molar-refractivity contribution >= 4 is 28.9 Å². The Morgan fingerprint density at radius 2 is 1.55 bits per heavy atom. The summed E-state index contributed by atoms with van der Waals surface area (Å²) in [6.45, 7) is 0.915. The van der Waals surface area contributed by atoms with Gasteiger partial charge in [-0.1, -0.05) is 56.7 Å². The Morgan fingerprint density at radius 3 is 2.27 bits per heavy atom. The van der Waals surface area contributed by atoms with Crippen molar-refractivity contribution in [1.82, 2.24) is 4.90 Å². The van der Waals surface area contributed by atoms with Crippen molar-refractivity contribution in [2.24, 2.45) is 0 Å². The lowest BCUT2D eigenvalue weighted by Gasteiger charge is -2.23. The Labute approximate surface area is 138 Å². The van der Waals surface area contributed by atoms with Crippen LogP contribution in [0.3, 0.4) is 0 Å². The molecule has 4 heteroatoms. The van der Waals surface area contributed by atoms with E-state index in [0.717, 1.165) is 31.5 Å². The summed E-state index contributed by atoms with van der Waals surface area (Å²) < 4.78 is 0. The molecule has 0 saturated carbocycles. The number of fused-ring (bicyclic) bond motifs is 1. The number of hydrogen-bond donors (Lipinski definition) is 0. The Bertz CT molecular complexity index is 503. The van der Waals surface area contributed by atoms with Crippen molar-refractivity contribution in [2.75, 3.05) is 11.4 Å². The van der Waals surface area contributed by atoms with E-state index >= 15 is 0 Å². The van der Waals surface area contributed by atoms with Gasteiger partial charge in [-0.2, -0.15) is 0 Å². The number of carbonyl (C=O) groups excluding carboxylic acids is 1. The van der Waals surface area contributed by atoms with Gasteiger partial charge in [0.15, 0.2) is 5.11 Å². The first-order valence-corrected chi connectivity index (χ1v) is 8.89. The molecule has 1 amide bonds. The predicted molar refractivity (Wildman–Crippen MR) is 94.0 cm³/mol. The van der Waals surface area contributed by atoms with E-state index < -0.39 is 0 Å². The molecule has 1 atom stereocenters. The first-order chi connectivity index (χ1) is 10.8. The van der Waals surface area contributed by atoms with Crippen molar-refractivity contribution in [3.63, 3.8) is 0 Å². The maximum atomic E-state index is 12.9. The summed E-state index contributed by atoms with van der Waals surface area (Å²) in [6.07, 6.45) is 9.60. The fraction of sp³-hybridized carbons (Fsp3) is 0.556. The summed E-state index contributed by atoms with van der Waals surface area (Å²) in [6, 6.07) is 9.77. The molecule has 1 aromatic carbocycles. The highest BCUT2D eigenvalue weighted by Crippen LogP contribution is 2.29. The summed E-state index contributed by atoms with van der Waals surface area (Å²) in [5, 5.41) is 0.695. The van der Waals surface area contributed by atoms with Gasteiger partial charge in [0.2, 0.25) is 0 Å². The number of thiocarbonyl (C=S) groups is 1. The highest BCUT2D eigenvalue weighted by atomic mass is 32.1. The van der Waals surface area contributed by atoms with Gasteiger partial charge in [-0.05, 0) is 37.2 Å². The van der Waals surface area contributed by atoms with Crippen LogP contribution >= 0.6 is 12.2 Å². The second kappa shape index (κ2) is 7.23. The van der Waals surface area contributed by atoms with Crippen LogP contribution in [0.5, 0.6) is 0 Å². The van der Waals surface area contributed by atoms with E-state index in [1.54, 1.807) is 4.90 Å². The molecule has 2 aliphatic rings. The first-order valence-electron chi connectivity index (χ1n) is 8.48. The number of nitrogens with zero attached hydrogens (tertiary/aromatic N) is 2. The van der Waals surface area contributed by atoms with E-state index in [2.05, 4.69) is 4.90 Å². The molecule has 118 valence electrons. The Kier molecular flexibility index (Phi) is 5.08. The fourth-order valence-corrected chi connectivity index (χ4v) is 3.90. The van der Waals surface area contributed by atoms with Gasteiger partial charge >= 0.3 is 0 Å². The zero-order chi connectivity index (χ0) is 15.4. The zero-order valence-electron chi connectivity index (χ0n) is 13.0. The standard InChI is InChI=1S/C18H24N2OS/c21-17-16-13-9-4-2-1-3-5-10-14-19(16)18(22)20(17)15-11-7-6-8-12-15/h6-8,11-12,16H,1-5,9-10,13-14H2/t16-/m0/s1. The third kappa shape index (κ3) is 3.17. The van der Waals surface area contributed by atoms with Crippen molar-refractivity contribution < 1.29 is 4.79 Å². The second-order valence-corrected chi connectivity index (χ2v) is 6.63. The van der Waals surface area contributed by atoms with Gasteiger partial charge in [-0.25, -0.2) is 0 Å². The van der Waals surface area contributed by atoms with Gasteiger partial charge in [0.05, 0.1) is 5.69 Å². The maximum absolute atomic E-state index is 12.9. The van der Waals surface area contributed by atoms with Gasteiger partial charge in [-0.3, -0.25) is 9.69 Å². The minimum Gasteiger partial charge on any atom is -0.336 e. The normalized spacial score (nSPS) is 24.1. The van der Waals surface area contributed by atoms with E-state index in [9.17, 15) is 4.79 Å². The molecule has 0 bridgehead atoms. The lowest BCUT2D eigenvalue weighted by Crippen LogP contribution is -2.35. The zero-order valence-corrected chi connectivity index (χ0v) is 13.9. The van der Waals surface area contributed by atoms with Crippen molar-refractivity contribution in [3.8, 4) is 0 Å². The molecule has 0 unspecified atom stereocenters.